The molecule has 0 unspecified atom stereocenters. The molecule has 0 saturated carbocycles. The van der Waals surface area contributed by atoms with Gasteiger partial charge in [0.15, 0.2) is 0 Å². The number of halogens is 1. The van der Waals surface area contributed by atoms with Crippen LogP contribution in [-0.2, 0) is 14.8 Å². The zero-order chi connectivity index (χ0) is 25.4. The lowest BCUT2D eigenvalue weighted by Gasteiger charge is -2.14. The molecule has 0 heterocycles. The number of hydrogen-bond donors (Lipinski definition) is 2. The summed E-state index contributed by atoms with van der Waals surface area (Å²) in [4.78, 5) is 24.5. The maximum absolute atomic E-state index is 13.0. The van der Waals surface area contributed by atoms with Gasteiger partial charge in [0.2, 0.25) is 0 Å². The van der Waals surface area contributed by atoms with E-state index in [1.807, 2.05) is 6.92 Å². The fourth-order valence-electron chi connectivity index (χ4n) is 3.03. The summed E-state index contributed by atoms with van der Waals surface area (Å²) in [5.41, 5.74) is 1.11. The number of ether oxygens (including phenoxy) is 2. The summed E-state index contributed by atoms with van der Waals surface area (Å²) in [6.07, 6.45) is 1.68. The Labute approximate surface area is 209 Å². The van der Waals surface area contributed by atoms with Gasteiger partial charge in [0.05, 0.1) is 29.9 Å². The van der Waals surface area contributed by atoms with Crippen molar-refractivity contribution in [3.05, 3.63) is 82.9 Å². The highest BCUT2D eigenvalue weighted by molar-refractivity contribution is 7.92. The van der Waals surface area contributed by atoms with E-state index in [4.69, 9.17) is 21.1 Å². The van der Waals surface area contributed by atoms with Crippen LogP contribution in [0.1, 0.15) is 40.5 Å². The van der Waals surface area contributed by atoms with Crippen LogP contribution in [0.2, 0.25) is 5.02 Å². The van der Waals surface area contributed by atoms with E-state index in [1.165, 1.54) is 49.6 Å². The van der Waals surface area contributed by atoms with Crippen molar-refractivity contribution in [2.75, 3.05) is 23.8 Å². The normalized spacial score (nSPS) is 10.9. The van der Waals surface area contributed by atoms with E-state index in [2.05, 4.69) is 10.0 Å². The van der Waals surface area contributed by atoms with Gasteiger partial charge in [-0.2, -0.15) is 0 Å². The molecule has 3 aromatic rings. The summed E-state index contributed by atoms with van der Waals surface area (Å²) in [7, 11) is -2.60. The van der Waals surface area contributed by atoms with Crippen molar-refractivity contribution in [2.45, 2.75) is 24.7 Å². The van der Waals surface area contributed by atoms with Gasteiger partial charge >= 0.3 is 5.97 Å². The number of rotatable bonds is 10. The SMILES string of the molecule is CCCCOC(=O)c1ccc(NS(=O)(=O)c2ccc(OC)c(NC(=O)c3ccc(Cl)cc3)c2)cc1. The first-order valence-electron chi connectivity index (χ1n) is 10.8. The van der Waals surface area contributed by atoms with Crippen LogP contribution in [0.3, 0.4) is 0 Å². The van der Waals surface area contributed by atoms with Gasteiger partial charge in [0.25, 0.3) is 15.9 Å². The molecule has 0 spiro atoms. The summed E-state index contributed by atoms with van der Waals surface area (Å²) in [6, 6.07) is 16.3. The number of esters is 1. The van der Waals surface area contributed by atoms with Gasteiger partial charge in [0, 0.05) is 16.3 Å². The maximum atomic E-state index is 13.0. The first-order chi connectivity index (χ1) is 16.7. The lowest BCUT2D eigenvalue weighted by Crippen LogP contribution is -2.16. The first-order valence-corrected chi connectivity index (χ1v) is 12.6. The van der Waals surface area contributed by atoms with Crippen molar-refractivity contribution in [1.29, 1.82) is 0 Å². The number of unbranched alkanes of at least 4 members (excludes halogenated alkanes) is 1. The average Bonchev–Trinajstić information content (AvgIpc) is 2.84. The highest BCUT2D eigenvalue weighted by atomic mass is 35.5. The van der Waals surface area contributed by atoms with E-state index in [0.717, 1.165) is 12.8 Å². The monoisotopic (exact) mass is 516 g/mol. The van der Waals surface area contributed by atoms with Gasteiger partial charge in [-0.05, 0) is 73.2 Å². The Balaban J connectivity index is 1.76. The van der Waals surface area contributed by atoms with Crippen molar-refractivity contribution in [1.82, 2.24) is 0 Å². The van der Waals surface area contributed by atoms with Crippen LogP contribution in [-0.4, -0.2) is 34.0 Å². The summed E-state index contributed by atoms with van der Waals surface area (Å²) in [5, 5.41) is 3.15. The minimum atomic E-state index is -4.01. The molecule has 0 aliphatic heterocycles. The molecule has 184 valence electrons. The van der Waals surface area contributed by atoms with E-state index in [-0.39, 0.29) is 22.0 Å². The minimum absolute atomic E-state index is 0.0900. The fraction of sp³-hybridized carbons (Fsp3) is 0.200. The molecule has 0 radical (unpaired) electrons. The third kappa shape index (κ3) is 6.97. The van der Waals surface area contributed by atoms with E-state index in [9.17, 15) is 18.0 Å². The van der Waals surface area contributed by atoms with Gasteiger partial charge in [-0.1, -0.05) is 24.9 Å². The van der Waals surface area contributed by atoms with E-state index >= 15 is 0 Å². The van der Waals surface area contributed by atoms with Crippen LogP contribution < -0.4 is 14.8 Å². The highest BCUT2D eigenvalue weighted by Gasteiger charge is 2.19. The number of anilines is 2. The molecular weight excluding hydrogens is 492 g/mol. The summed E-state index contributed by atoms with van der Waals surface area (Å²) < 4.78 is 38.8. The molecule has 0 aliphatic rings. The lowest BCUT2D eigenvalue weighted by atomic mass is 10.2. The molecule has 1 amide bonds. The highest BCUT2D eigenvalue weighted by Crippen LogP contribution is 2.29. The second kappa shape index (κ2) is 11.7. The third-order valence-corrected chi connectivity index (χ3v) is 6.57. The molecule has 0 bridgehead atoms. The smallest absolute Gasteiger partial charge is 0.338 e. The van der Waals surface area contributed by atoms with Crippen LogP contribution in [0.25, 0.3) is 0 Å². The second-order valence-corrected chi connectivity index (χ2v) is 9.61. The molecule has 0 atom stereocenters. The van der Waals surface area contributed by atoms with E-state index in [0.29, 0.717) is 22.8 Å². The summed E-state index contributed by atoms with van der Waals surface area (Å²) in [5.74, 6) is -0.634. The number of hydrogen-bond acceptors (Lipinski definition) is 6. The van der Waals surface area contributed by atoms with Crippen LogP contribution >= 0.6 is 11.6 Å². The predicted molar refractivity (Wildman–Crippen MR) is 135 cm³/mol. The molecule has 0 fully saturated rings. The molecule has 3 aromatic carbocycles. The summed E-state index contributed by atoms with van der Waals surface area (Å²) >= 11 is 5.86. The number of methoxy groups -OCH3 is 1. The zero-order valence-electron chi connectivity index (χ0n) is 19.2. The molecule has 0 saturated heterocycles. The zero-order valence-corrected chi connectivity index (χ0v) is 20.8. The van der Waals surface area contributed by atoms with Gasteiger partial charge in [0.1, 0.15) is 5.75 Å². The van der Waals surface area contributed by atoms with Crippen LogP contribution in [0.5, 0.6) is 5.75 Å². The Kier molecular flexibility index (Phi) is 8.73. The molecule has 8 nitrogen and oxygen atoms in total. The molecule has 0 aliphatic carbocycles. The average molecular weight is 517 g/mol. The predicted octanol–water partition coefficient (Wildman–Crippen LogP) is 5.36. The molecule has 2 N–H and O–H groups in total. The standard InChI is InChI=1S/C25H25ClN2O6S/c1-3-4-15-34-25(30)18-7-11-20(12-8-18)28-35(31,32)21-13-14-23(33-2)22(16-21)27-24(29)17-5-9-19(26)10-6-17/h5-14,16,28H,3-4,15H2,1-2H3,(H,27,29). The molecular formula is C25H25ClN2O6S. The summed E-state index contributed by atoms with van der Waals surface area (Å²) in [6.45, 7) is 2.33. The Bertz CT molecular complexity index is 1290. The van der Waals surface area contributed by atoms with Crippen LogP contribution in [0, 0.1) is 0 Å². The van der Waals surface area contributed by atoms with Crippen molar-refractivity contribution in [3.63, 3.8) is 0 Å². The van der Waals surface area contributed by atoms with Gasteiger partial charge in [-0.25, -0.2) is 13.2 Å². The Hall–Kier alpha value is -3.56. The van der Waals surface area contributed by atoms with Crippen molar-refractivity contribution in [2.24, 2.45) is 0 Å². The van der Waals surface area contributed by atoms with Crippen molar-refractivity contribution < 1.29 is 27.5 Å². The number of amides is 1. The number of sulfonamides is 1. The lowest BCUT2D eigenvalue weighted by molar-refractivity contribution is 0.0499. The second-order valence-electron chi connectivity index (χ2n) is 7.50. The van der Waals surface area contributed by atoms with E-state index < -0.39 is 21.9 Å². The Morgan fingerprint density at radius 3 is 2.23 bits per heavy atom. The molecule has 0 aromatic heterocycles. The quantitative estimate of drug-likeness (QED) is 0.277. The van der Waals surface area contributed by atoms with Gasteiger partial charge in [-0.3, -0.25) is 9.52 Å². The van der Waals surface area contributed by atoms with Crippen molar-refractivity contribution >= 4 is 44.9 Å². The number of carbonyl (C=O) groups excluding carboxylic acids is 2. The van der Waals surface area contributed by atoms with Gasteiger partial charge in [-0.15, -0.1) is 0 Å². The number of carbonyl (C=O) groups is 2. The minimum Gasteiger partial charge on any atom is -0.495 e. The van der Waals surface area contributed by atoms with Crippen molar-refractivity contribution in [3.8, 4) is 5.75 Å². The molecule has 3 rings (SSSR count). The third-order valence-electron chi connectivity index (χ3n) is 4.94. The van der Waals surface area contributed by atoms with Crippen LogP contribution in [0.4, 0.5) is 11.4 Å². The maximum Gasteiger partial charge on any atom is 0.338 e. The Morgan fingerprint density at radius 1 is 0.943 bits per heavy atom. The van der Waals surface area contributed by atoms with E-state index in [1.54, 1.807) is 24.3 Å². The topological polar surface area (TPSA) is 111 Å². The molecule has 35 heavy (non-hydrogen) atoms. The molecule has 10 heteroatoms. The Morgan fingerprint density at radius 2 is 1.60 bits per heavy atom. The first kappa shape index (κ1) is 26.1. The van der Waals surface area contributed by atoms with Gasteiger partial charge < -0.3 is 14.8 Å². The van der Waals surface area contributed by atoms with Crippen LogP contribution in [0.15, 0.2) is 71.6 Å². The number of nitrogens with one attached hydrogen (secondary N) is 2. The fourth-order valence-corrected chi connectivity index (χ4v) is 4.24. The number of benzene rings is 3. The largest absolute Gasteiger partial charge is 0.495 e.